The zero-order valence-electron chi connectivity index (χ0n) is 26.0. The van der Waals surface area contributed by atoms with E-state index in [0.717, 1.165) is 36.4 Å². The van der Waals surface area contributed by atoms with Crippen LogP contribution in [0.25, 0.3) is 0 Å². The minimum Gasteiger partial charge on any atom is -0.480 e. The van der Waals surface area contributed by atoms with Crippen LogP contribution < -0.4 is 11.5 Å². The number of carbonyl (C=O) groups is 3. The number of carboxylic acid groups (broad SMARTS) is 1. The molecule has 1 aliphatic heterocycles. The maximum atomic E-state index is 12.6. The van der Waals surface area contributed by atoms with Gasteiger partial charge in [0.15, 0.2) is 5.84 Å². The van der Waals surface area contributed by atoms with Crippen LogP contribution in [0.4, 0.5) is 0 Å². The summed E-state index contributed by atoms with van der Waals surface area (Å²) in [5.41, 5.74) is 11.2. The lowest BCUT2D eigenvalue weighted by molar-refractivity contribution is -0.147. The summed E-state index contributed by atoms with van der Waals surface area (Å²) in [6.07, 6.45) is 2.49. The molecule has 0 aliphatic carbocycles. The average Bonchev–Trinajstić information content (AvgIpc) is 3.62. The van der Waals surface area contributed by atoms with E-state index >= 15 is 0 Å². The van der Waals surface area contributed by atoms with Gasteiger partial charge in [-0.3, -0.25) is 14.4 Å². The van der Waals surface area contributed by atoms with Gasteiger partial charge in [0.25, 0.3) is 5.91 Å². The minimum absolute atomic E-state index is 0.163. The molecule has 3 rings (SSSR count). The number of benzene rings is 1. The van der Waals surface area contributed by atoms with E-state index in [4.69, 9.17) is 25.1 Å². The van der Waals surface area contributed by atoms with Gasteiger partial charge < -0.3 is 35.8 Å². The number of aliphatic imine (C=N–C) groups is 2. The smallest absolute Gasteiger partial charge is 0.317 e. The predicted octanol–water partition coefficient (Wildman–Crippen LogP) is 3.79. The molecule has 43 heavy (non-hydrogen) atoms. The number of aromatic amines is 1. The van der Waals surface area contributed by atoms with E-state index in [1.165, 1.54) is 0 Å². The number of nitrogens with one attached hydrogen (secondary N) is 1. The number of carbonyl (C=O) groups excluding carboxylic acids is 2. The van der Waals surface area contributed by atoms with Gasteiger partial charge in [0.05, 0.1) is 37.2 Å². The number of nitrogens with two attached hydrogens (primary N) is 2. The Morgan fingerprint density at radius 3 is 2.33 bits per heavy atom. The highest BCUT2D eigenvalue weighted by Gasteiger charge is 2.30. The fourth-order valence-electron chi connectivity index (χ4n) is 3.67. The molecule has 238 valence electrons. The van der Waals surface area contributed by atoms with Gasteiger partial charge in [0.2, 0.25) is 0 Å². The zero-order valence-corrected chi connectivity index (χ0v) is 26.0. The maximum Gasteiger partial charge on any atom is 0.317 e. The molecule has 1 aromatic heterocycles. The van der Waals surface area contributed by atoms with E-state index < -0.39 is 17.5 Å². The second-order valence-corrected chi connectivity index (χ2v) is 10.8. The SMILES string of the molecule is CC(C)C.CCOC(C)(C)C(=O)N=C(N=CN)c1ccc(C2CCC(COC(=O)Cc3ccccc3)O2)[nH]1.NCC(=O)O. The number of esters is 1. The van der Waals surface area contributed by atoms with Crippen molar-refractivity contribution in [3.05, 3.63) is 59.4 Å². The second-order valence-electron chi connectivity index (χ2n) is 10.8. The first-order chi connectivity index (χ1) is 20.3. The third-order valence-corrected chi connectivity index (χ3v) is 5.62. The van der Waals surface area contributed by atoms with Gasteiger partial charge in [-0.05, 0) is 57.2 Å². The molecule has 2 aromatic rings. The molecule has 0 bridgehead atoms. The van der Waals surface area contributed by atoms with Crippen LogP contribution in [0.5, 0.6) is 0 Å². The summed E-state index contributed by atoms with van der Waals surface area (Å²) in [4.78, 5) is 45.3. The van der Waals surface area contributed by atoms with Crippen LogP contribution in [0.1, 0.15) is 77.4 Å². The number of nitrogens with zero attached hydrogens (tertiary/aromatic N) is 2. The Hall–Kier alpha value is -3.87. The van der Waals surface area contributed by atoms with Crippen molar-refractivity contribution in [2.24, 2.45) is 27.4 Å². The van der Waals surface area contributed by atoms with E-state index in [1.807, 2.05) is 43.3 Å². The number of H-pyrrole nitrogens is 1. The Bertz CT molecular complexity index is 1190. The van der Waals surface area contributed by atoms with Crippen LogP contribution in [-0.4, -0.2) is 71.6 Å². The molecule has 12 heteroatoms. The van der Waals surface area contributed by atoms with Crippen molar-refractivity contribution < 1.29 is 33.7 Å². The molecule has 12 nitrogen and oxygen atoms in total. The molecule has 1 aliphatic rings. The highest BCUT2D eigenvalue weighted by Crippen LogP contribution is 2.32. The van der Waals surface area contributed by atoms with Crippen molar-refractivity contribution in [2.75, 3.05) is 19.8 Å². The van der Waals surface area contributed by atoms with Gasteiger partial charge in [0.1, 0.15) is 12.2 Å². The van der Waals surface area contributed by atoms with Crippen LogP contribution in [0.15, 0.2) is 52.4 Å². The number of aliphatic carboxylic acids is 1. The monoisotopic (exact) mass is 601 g/mol. The number of rotatable bonds is 10. The van der Waals surface area contributed by atoms with Crippen molar-refractivity contribution in [2.45, 2.75) is 78.6 Å². The van der Waals surface area contributed by atoms with Gasteiger partial charge >= 0.3 is 11.9 Å². The van der Waals surface area contributed by atoms with E-state index in [-0.39, 0.29) is 43.6 Å². The third kappa shape index (κ3) is 14.7. The Balaban J connectivity index is 0.000000899. The quantitative estimate of drug-likeness (QED) is 0.178. The van der Waals surface area contributed by atoms with Gasteiger partial charge in [0, 0.05) is 12.3 Å². The zero-order chi connectivity index (χ0) is 32.4. The summed E-state index contributed by atoms with van der Waals surface area (Å²) in [7, 11) is 0. The molecule has 1 fully saturated rings. The van der Waals surface area contributed by atoms with Crippen molar-refractivity contribution in [1.29, 1.82) is 0 Å². The molecular formula is C31H47N5O7. The van der Waals surface area contributed by atoms with Crippen LogP contribution in [0.2, 0.25) is 0 Å². The maximum absolute atomic E-state index is 12.6. The van der Waals surface area contributed by atoms with Crippen LogP contribution >= 0.6 is 0 Å². The van der Waals surface area contributed by atoms with Gasteiger partial charge in [-0.15, -0.1) is 0 Å². The van der Waals surface area contributed by atoms with Crippen molar-refractivity contribution in [3.63, 3.8) is 0 Å². The lowest BCUT2D eigenvalue weighted by Crippen LogP contribution is -2.34. The van der Waals surface area contributed by atoms with E-state index in [2.05, 4.69) is 41.5 Å². The molecule has 6 N–H and O–H groups in total. The minimum atomic E-state index is -1.07. The molecule has 2 heterocycles. The summed E-state index contributed by atoms with van der Waals surface area (Å²) in [6, 6.07) is 13.1. The predicted molar refractivity (Wildman–Crippen MR) is 166 cm³/mol. The Labute approximate surface area is 253 Å². The Morgan fingerprint density at radius 1 is 1.14 bits per heavy atom. The topological polar surface area (TPSA) is 192 Å². The molecule has 0 spiro atoms. The normalized spacial score (nSPS) is 16.7. The summed E-state index contributed by atoms with van der Waals surface area (Å²) in [6.45, 7) is 11.9. The Kier molecular flexibility index (Phi) is 16.7. The molecule has 2 atom stereocenters. The summed E-state index contributed by atoms with van der Waals surface area (Å²) >= 11 is 0. The molecule has 1 amide bonds. The molecule has 0 radical (unpaired) electrons. The molecular weight excluding hydrogens is 554 g/mol. The van der Waals surface area contributed by atoms with Gasteiger partial charge in [-0.2, -0.15) is 4.99 Å². The molecule has 0 saturated carbocycles. The molecule has 2 unspecified atom stereocenters. The van der Waals surface area contributed by atoms with E-state index in [9.17, 15) is 14.4 Å². The second kappa shape index (κ2) is 19.3. The highest BCUT2D eigenvalue weighted by molar-refractivity contribution is 6.08. The van der Waals surface area contributed by atoms with Crippen molar-refractivity contribution in [3.8, 4) is 0 Å². The van der Waals surface area contributed by atoms with Crippen molar-refractivity contribution in [1.82, 2.24) is 4.98 Å². The largest absolute Gasteiger partial charge is 0.480 e. The number of ether oxygens (including phenoxy) is 3. The standard InChI is InChI=1S/C25H32N4O5.C4H10.C2H5NO2/c1-4-33-25(2,3)24(31)29-23(27-16-26)20-12-11-19(28-20)21-13-10-18(34-21)15-32-22(30)14-17-8-6-5-7-9-17;1-4(2)3;3-1-2(4)5/h5-9,11-12,16,18,21,28H,4,10,13-15H2,1-3H3,(H2,26,27,29,31);4H,1-3H3;1,3H2,(H,4,5). The number of hydrogen-bond donors (Lipinski definition) is 4. The molecule has 1 saturated heterocycles. The van der Waals surface area contributed by atoms with Crippen molar-refractivity contribution >= 4 is 30.0 Å². The lowest BCUT2D eigenvalue weighted by atomic mass is 10.1. The summed E-state index contributed by atoms with van der Waals surface area (Å²) in [5, 5.41) is 7.60. The summed E-state index contributed by atoms with van der Waals surface area (Å²) < 4.78 is 17.0. The van der Waals surface area contributed by atoms with Crippen LogP contribution in [0.3, 0.4) is 0 Å². The average molecular weight is 602 g/mol. The lowest BCUT2D eigenvalue weighted by Gasteiger charge is -2.20. The first kappa shape index (κ1) is 37.2. The highest BCUT2D eigenvalue weighted by atomic mass is 16.6. The van der Waals surface area contributed by atoms with Crippen LogP contribution in [-0.2, 0) is 35.0 Å². The number of amides is 1. The van der Waals surface area contributed by atoms with E-state index in [1.54, 1.807) is 19.9 Å². The first-order valence-corrected chi connectivity index (χ1v) is 14.3. The Morgan fingerprint density at radius 2 is 1.77 bits per heavy atom. The van der Waals surface area contributed by atoms with Gasteiger partial charge in [-0.1, -0.05) is 51.1 Å². The van der Waals surface area contributed by atoms with Crippen LogP contribution in [0, 0.1) is 5.92 Å². The first-order valence-electron chi connectivity index (χ1n) is 14.3. The third-order valence-electron chi connectivity index (χ3n) is 5.62. The fourth-order valence-corrected chi connectivity index (χ4v) is 3.67. The summed E-state index contributed by atoms with van der Waals surface area (Å²) in [5.74, 6) is -0.706. The fraction of sp³-hybridized carbons (Fsp3) is 0.516. The molecule has 1 aromatic carbocycles. The van der Waals surface area contributed by atoms with E-state index in [0.29, 0.717) is 12.3 Å². The number of carboxylic acids is 1. The number of amidine groups is 1. The van der Waals surface area contributed by atoms with Gasteiger partial charge in [-0.25, -0.2) is 4.99 Å². The number of hydrogen-bond acceptors (Lipinski definition) is 7. The number of aromatic nitrogens is 1.